The normalized spacial score (nSPS) is 10.9. The van der Waals surface area contributed by atoms with Crippen LogP contribution in [0, 0.1) is 0 Å². The molecule has 120 valence electrons. The summed E-state index contributed by atoms with van der Waals surface area (Å²) in [6.07, 6.45) is -0.0493. The van der Waals surface area contributed by atoms with Gasteiger partial charge in [-0.2, -0.15) is 0 Å². The zero-order chi connectivity index (χ0) is 16.3. The maximum atomic E-state index is 12.3. The number of amides is 1. The number of carbonyl (C=O) groups excluding carboxylic acids is 1. The summed E-state index contributed by atoms with van der Waals surface area (Å²) in [6.45, 7) is 6.19. The topological polar surface area (TPSA) is 73.7 Å². The second-order valence-electron chi connectivity index (χ2n) is 4.82. The average molecular weight is 341 g/mol. The van der Waals surface area contributed by atoms with Crippen molar-refractivity contribution in [3.8, 4) is 0 Å². The van der Waals surface area contributed by atoms with E-state index in [9.17, 15) is 9.59 Å². The molecule has 2 heterocycles. The van der Waals surface area contributed by atoms with Gasteiger partial charge in [-0.05, 0) is 19.9 Å². The SMILES string of the molecule is CCN(CC)c1nc2sc(C(=O)N(C)CCC(=O)O)cc2s1. The van der Waals surface area contributed by atoms with Gasteiger partial charge in [0, 0.05) is 26.7 Å². The van der Waals surface area contributed by atoms with E-state index in [1.165, 1.54) is 16.2 Å². The van der Waals surface area contributed by atoms with Gasteiger partial charge in [-0.25, -0.2) is 4.98 Å². The van der Waals surface area contributed by atoms with E-state index < -0.39 is 5.97 Å². The van der Waals surface area contributed by atoms with Crippen molar-refractivity contribution in [3.05, 3.63) is 10.9 Å². The van der Waals surface area contributed by atoms with Crippen molar-refractivity contribution in [2.24, 2.45) is 0 Å². The average Bonchev–Trinajstić information content (AvgIpc) is 3.03. The lowest BCUT2D eigenvalue weighted by atomic mass is 10.3. The van der Waals surface area contributed by atoms with Gasteiger partial charge in [-0.15, -0.1) is 11.3 Å². The Bertz CT molecular complexity index is 644. The number of thiophene rings is 1. The second-order valence-corrected chi connectivity index (χ2v) is 6.86. The molecule has 8 heteroatoms. The van der Waals surface area contributed by atoms with Crippen molar-refractivity contribution >= 4 is 49.2 Å². The number of hydrogen-bond donors (Lipinski definition) is 1. The quantitative estimate of drug-likeness (QED) is 0.838. The predicted molar refractivity (Wildman–Crippen MR) is 90.3 cm³/mol. The molecule has 0 saturated heterocycles. The van der Waals surface area contributed by atoms with Crippen LogP contribution in [0.4, 0.5) is 5.13 Å². The number of carboxylic acid groups (broad SMARTS) is 1. The lowest BCUT2D eigenvalue weighted by molar-refractivity contribution is -0.137. The Morgan fingerprint density at radius 2 is 1.95 bits per heavy atom. The molecule has 1 N–H and O–H groups in total. The molecule has 0 aliphatic heterocycles. The number of carboxylic acids is 1. The van der Waals surface area contributed by atoms with Crippen LogP contribution in [0.15, 0.2) is 6.07 Å². The van der Waals surface area contributed by atoms with Crippen molar-refractivity contribution < 1.29 is 14.7 Å². The van der Waals surface area contributed by atoms with Crippen molar-refractivity contribution in [1.29, 1.82) is 0 Å². The molecular formula is C14H19N3O3S2. The third-order valence-corrected chi connectivity index (χ3v) is 5.54. The lowest BCUT2D eigenvalue weighted by Crippen LogP contribution is -2.28. The van der Waals surface area contributed by atoms with Gasteiger partial charge in [0.15, 0.2) is 5.13 Å². The highest BCUT2D eigenvalue weighted by atomic mass is 32.1. The molecule has 0 aromatic carbocycles. The smallest absolute Gasteiger partial charge is 0.305 e. The minimum atomic E-state index is -0.905. The fraction of sp³-hybridized carbons (Fsp3) is 0.500. The maximum absolute atomic E-state index is 12.3. The molecule has 0 spiro atoms. The van der Waals surface area contributed by atoms with Crippen LogP contribution < -0.4 is 4.90 Å². The Morgan fingerprint density at radius 3 is 2.50 bits per heavy atom. The van der Waals surface area contributed by atoms with Crippen molar-refractivity contribution in [3.63, 3.8) is 0 Å². The molecule has 22 heavy (non-hydrogen) atoms. The summed E-state index contributed by atoms with van der Waals surface area (Å²) in [5, 5.41) is 9.65. The number of hydrogen-bond acceptors (Lipinski definition) is 6. The first-order valence-corrected chi connectivity index (χ1v) is 8.72. The molecule has 0 fully saturated rings. The summed E-state index contributed by atoms with van der Waals surface area (Å²) < 4.78 is 1.00. The first-order valence-electron chi connectivity index (χ1n) is 7.08. The second kappa shape index (κ2) is 7.06. The van der Waals surface area contributed by atoms with E-state index in [-0.39, 0.29) is 18.9 Å². The number of aromatic nitrogens is 1. The molecular weight excluding hydrogens is 322 g/mol. The molecule has 2 aromatic heterocycles. The number of rotatable bonds is 7. The summed E-state index contributed by atoms with van der Waals surface area (Å²) in [6, 6.07) is 1.85. The maximum Gasteiger partial charge on any atom is 0.305 e. The predicted octanol–water partition coefficient (Wildman–Crippen LogP) is 2.75. The summed E-state index contributed by atoms with van der Waals surface area (Å²) in [5.74, 6) is -1.06. The monoisotopic (exact) mass is 341 g/mol. The number of fused-ring (bicyclic) bond motifs is 1. The van der Waals surface area contributed by atoms with Crippen LogP contribution in [0.5, 0.6) is 0 Å². The highest BCUT2D eigenvalue weighted by Gasteiger charge is 2.18. The van der Waals surface area contributed by atoms with Gasteiger partial charge in [0.25, 0.3) is 5.91 Å². The van der Waals surface area contributed by atoms with E-state index in [4.69, 9.17) is 5.11 Å². The van der Waals surface area contributed by atoms with Crippen molar-refractivity contribution in [2.45, 2.75) is 20.3 Å². The van der Waals surface area contributed by atoms with E-state index in [0.717, 1.165) is 27.8 Å². The van der Waals surface area contributed by atoms with Gasteiger partial charge in [-0.3, -0.25) is 9.59 Å². The summed E-state index contributed by atoms with van der Waals surface area (Å²) in [4.78, 5) is 32.5. The van der Waals surface area contributed by atoms with Crippen LogP contribution in [0.2, 0.25) is 0 Å². The summed E-state index contributed by atoms with van der Waals surface area (Å²) in [7, 11) is 1.62. The van der Waals surface area contributed by atoms with Crippen LogP contribution in [0.3, 0.4) is 0 Å². The molecule has 0 saturated carbocycles. The van der Waals surface area contributed by atoms with Gasteiger partial charge >= 0.3 is 5.97 Å². The van der Waals surface area contributed by atoms with Crippen LogP contribution >= 0.6 is 22.7 Å². The van der Waals surface area contributed by atoms with Crippen LogP contribution in [-0.2, 0) is 4.79 Å². The van der Waals surface area contributed by atoms with E-state index in [0.29, 0.717) is 4.88 Å². The molecule has 1 amide bonds. The molecule has 0 radical (unpaired) electrons. The number of nitrogens with zero attached hydrogens (tertiary/aromatic N) is 3. The molecule has 0 aliphatic rings. The van der Waals surface area contributed by atoms with Gasteiger partial charge in [0.05, 0.1) is 16.0 Å². The van der Waals surface area contributed by atoms with Gasteiger partial charge in [0.2, 0.25) is 0 Å². The molecule has 0 atom stereocenters. The summed E-state index contributed by atoms with van der Waals surface area (Å²) >= 11 is 2.94. The van der Waals surface area contributed by atoms with E-state index >= 15 is 0 Å². The molecule has 0 aliphatic carbocycles. The van der Waals surface area contributed by atoms with Crippen molar-refractivity contribution in [1.82, 2.24) is 9.88 Å². The highest BCUT2D eigenvalue weighted by molar-refractivity contribution is 7.29. The molecule has 6 nitrogen and oxygen atoms in total. The zero-order valence-corrected chi connectivity index (χ0v) is 14.5. The Kier molecular flexibility index (Phi) is 5.36. The Hall–Kier alpha value is -1.67. The van der Waals surface area contributed by atoms with Gasteiger partial charge < -0.3 is 14.9 Å². The standard InChI is InChI=1S/C14H19N3O3S2/c1-4-17(5-2)14-15-12-9(22-14)8-10(21-12)13(20)16(3)7-6-11(18)19/h8H,4-7H2,1-3H3,(H,18,19). The Balaban J connectivity index is 2.14. The van der Waals surface area contributed by atoms with Crippen LogP contribution in [0.25, 0.3) is 9.53 Å². The van der Waals surface area contributed by atoms with E-state index in [1.807, 2.05) is 6.07 Å². The van der Waals surface area contributed by atoms with Crippen LogP contribution in [0.1, 0.15) is 29.9 Å². The van der Waals surface area contributed by atoms with Crippen molar-refractivity contribution in [2.75, 3.05) is 31.6 Å². The lowest BCUT2D eigenvalue weighted by Gasteiger charge is -2.16. The largest absolute Gasteiger partial charge is 0.481 e. The first-order chi connectivity index (χ1) is 10.5. The summed E-state index contributed by atoms with van der Waals surface area (Å²) in [5.41, 5.74) is 0. The van der Waals surface area contributed by atoms with Gasteiger partial charge in [-0.1, -0.05) is 11.3 Å². The zero-order valence-electron chi connectivity index (χ0n) is 12.8. The van der Waals surface area contributed by atoms with E-state index in [1.54, 1.807) is 18.4 Å². The minimum absolute atomic E-state index is 0.0493. The highest BCUT2D eigenvalue weighted by Crippen LogP contribution is 2.34. The molecule has 0 bridgehead atoms. The Morgan fingerprint density at radius 1 is 1.27 bits per heavy atom. The van der Waals surface area contributed by atoms with E-state index in [2.05, 4.69) is 23.7 Å². The molecule has 0 unspecified atom stereocenters. The number of anilines is 1. The van der Waals surface area contributed by atoms with Crippen LogP contribution in [-0.4, -0.2) is 53.5 Å². The first kappa shape index (κ1) is 16.7. The number of carbonyl (C=O) groups is 2. The molecule has 2 rings (SSSR count). The third-order valence-electron chi connectivity index (χ3n) is 3.33. The van der Waals surface area contributed by atoms with Gasteiger partial charge in [0.1, 0.15) is 4.83 Å². The minimum Gasteiger partial charge on any atom is -0.481 e. The Labute approximate surface area is 137 Å². The third kappa shape index (κ3) is 3.56. The fourth-order valence-electron chi connectivity index (χ4n) is 2.01. The fourth-order valence-corrected chi connectivity index (χ4v) is 4.34. The number of aliphatic carboxylic acids is 1. The number of thiazole rings is 1. The molecule has 2 aromatic rings.